The number of hydrogen-bond acceptors (Lipinski definition) is 1. The van der Waals surface area contributed by atoms with Crippen molar-refractivity contribution in [2.24, 2.45) is 5.73 Å². The fraction of sp³-hybridized carbons (Fsp3) is 0.333. The summed E-state index contributed by atoms with van der Waals surface area (Å²) in [5.41, 5.74) is 9.93. The van der Waals surface area contributed by atoms with Gasteiger partial charge in [0.2, 0.25) is 0 Å². The summed E-state index contributed by atoms with van der Waals surface area (Å²) in [6, 6.07) is 19.7. The van der Waals surface area contributed by atoms with Gasteiger partial charge in [-0.25, -0.2) is 0 Å². The highest BCUT2D eigenvalue weighted by molar-refractivity contribution is 5.34. The van der Waals surface area contributed by atoms with Gasteiger partial charge in [-0.1, -0.05) is 67.9 Å². The van der Waals surface area contributed by atoms with Crippen LogP contribution in [-0.2, 0) is 6.42 Å². The first-order valence-electron chi connectivity index (χ1n) is 7.19. The topological polar surface area (TPSA) is 26.0 Å². The van der Waals surface area contributed by atoms with Crippen LogP contribution >= 0.6 is 0 Å². The fourth-order valence-corrected chi connectivity index (χ4v) is 2.58. The molecule has 2 N–H and O–H groups in total. The molecular weight excluding hydrogens is 230 g/mol. The molecule has 2 aromatic rings. The standard InChI is InChI=1S/C18H23N/c1-2-6-15-9-11-17(12-10-15)18(13-14-19)16-7-4-3-5-8-16/h3-5,7-12,18H,2,6,13-14,19H2,1H3. The molecule has 0 radical (unpaired) electrons. The summed E-state index contributed by atoms with van der Waals surface area (Å²) in [5, 5.41) is 0. The van der Waals surface area contributed by atoms with Gasteiger partial charge in [0.1, 0.15) is 0 Å². The normalized spacial score (nSPS) is 12.3. The number of rotatable bonds is 6. The third-order valence-electron chi connectivity index (χ3n) is 3.58. The molecule has 0 aliphatic carbocycles. The summed E-state index contributed by atoms with van der Waals surface area (Å²) < 4.78 is 0. The van der Waals surface area contributed by atoms with E-state index in [9.17, 15) is 0 Å². The minimum Gasteiger partial charge on any atom is -0.330 e. The summed E-state index contributed by atoms with van der Waals surface area (Å²) in [4.78, 5) is 0. The first-order chi connectivity index (χ1) is 9.35. The zero-order valence-electron chi connectivity index (χ0n) is 11.7. The summed E-state index contributed by atoms with van der Waals surface area (Å²) in [5.74, 6) is 0.418. The van der Waals surface area contributed by atoms with Crippen molar-refractivity contribution in [3.63, 3.8) is 0 Å². The van der Waals surface area contributed by atoms with Crippen LogP contribution in [0.15, 0.2) is 54.6 Å². The van der Waals surface area contributed by atoms with Crippen molar-refractivity contribution < 1.29 is 0 Å². The third-order valence-corrected chi connectivity index (χ3v) is 3.58. The second-order valence-electron chi connectivity index (χ2n) is 5.03. The molecule has 0 amide bonds. The van der Waals surface area contributed by atoms with E-state index in [4.69, 9.17) is 5.73 Å². The molecule has 0 saturated heterocycles. The van der Waals surface area contributed by atoms with Gasteiger partial charge in [-0.15, -0.1) is 0 Å². The molecule has 1 nitrogen and oxygen atoms in total. The Hall–Kier alpha value is -1.60. The van der Waals surface area contributed by atoms with Crippen molar-refractivity contribution in [1.29, 1.82) is 0 Å². The number of hydrogen-bond donors (Lipinski definition) is 1. The van der Waals surface area contributed by atoms with Gasteiger partial charge in [0.15, 0.2) is 0 Å². The third kappa shape index (κ3) is 3.68. The van der Waals surface area contributed by atoms with Gasteiger partial charge in [-0.2, -0.15) is 0 Å². The van der Waals surface area contributed by atoms with E-state index in [2.05, 4.69) is 61.5 Å². The maximum Gasteiger partial charge on any atom is 0.0101 e. The largest absolute Gasteiger partial charge is 0.330 e. The van der Waals surface area contributed by atoms with E-state index >= 15 is 0 Å². The van der Waals surface area contributed by atoms with Crippen molar-refractivity contribution >= 4 is 0 Å². The maximum absolute atomic E-state index is 5.78. The lowest BCUT2D eigenvalue weighted by Crippen LogP contribution is -2.08. The zero-order chi connectivity index (χ0) is 13.5. The minimum atomic E-state index is 0.418. The lowest BCUT2D eigenvalue weighted by atomic mass is 9.88. The quantitative estimate of drug-likeness (QED) is 0.823. The highest BCUT2D eigenvalue weighted by atomic mass is 14.5. The number of benzene rings is 2. The van der Waals surface area contributed by atoms with Crippen molar-refractivity contribution in [2.75, 3.05) is 6.54 Å². The van der Waals surface area contributed by atoms with Crippen LogP contribution in [-0.4, -0.2) is 6.54 Å². The Morgan fingerprint density at radius 2 is 1.53 bits per heavy atom. The molecule has 0 aromatic heterocycles. The molecule has 1 unspecified atom stereocenters. The fourth-order valence-electron chi connectivity index (χ4n) is 2.58. The van der Waals surface area contributed by atoms with Gasteiger partial charge < -0.3 is 5.73 Å². The van der Waals surface area contributed by atoms with Gasteiger partial charge >= 0.3 is 0 Å². The SMILES string of the molecule is CCCc1ccc(C(CCN)c2ccccc2)cc1. The molecule has 1 heteroatoms. The van der Waals surface area contributed by atoms with Crippen LogP contribution < -0.4 is 5.73 Å². The van der Waals surface area contributed by atoms with Crippen LogP contribution in [0.1, 0.15) is 42.4 Å². The second-order valence-corrected chi connectivity index (χ2v) is 5.03. The molecule has 0 heterocycles. The molecule has 0 fully saturated rings. The Morgan fingerprint density at radius 3 is 2.11 bits per heavy atom. The zero-order valence-corrected chi connectivity index (χ0v) is 11.7. The van der Waals surface area contributed by atoms with Crippen molar-refractivity contribution in [3.05, 3.63) is 71.3 Å². The summed E-state index contributed by atoms with van der Waals surface area (Å²) >= 11 is 0. The summed E-state index contributed by atoms with van der Waals surface area (Å²) in [6.07, 6.45) is 3.36. The molecule has 19 heavy (non-hydrogen) atoms. The van der Waals surface area contributed by atoms with Crippen LogP contribution in [0.3, 0.4) is 0 Å². The minimum absolute atomic E-state index is 0.418. The Balaban J connectivity index is 2.24. The molecule has 2 aromatic carbocycles. The van der Waals surface area contributed by atoms with Crippen LogP contribution in [0, 0.1) is 0 Å². The average molecular weight is 253 g/mol. The molecule has 0 aliphatic heterocycles. The van der Waals surface area contributed by atoms with Gasteiger partial charge in [-0.3, -0.25) is 0 Å². The lowest BCUT2D eigenvalue weighted by molar-refractivity contribution is 0.725. The van der Waals surface area contributed by atoms with E-state index in [0.717, 1.165) is 19.4 Å². The molecule has 0 spiro atoms. The average Bonchev–Trinajstić information content (AvgIpc) is 2.47. The van der Waals surface area contributed by atoms with Crippen LogP contribution in [0.25, 0.3) is 0 Å². The van der Waals surface area contributed by atoms with Crippen molar-refractivity contribution in [3.8, 4) is 0 Å². The molecule has 0 aliphatic rings. The second kappa shape index (κ2) is 7.10. The Bertz CT molecular complexity index is 473. The first-order valence-corrected chi connectivity index (χ1v) is 7.19. The Labute approximate surface area is 116 Å². The highest BCUT2D eigenvalue weighted by Gasteiger charge is 2.12. The van der Waals surface area contributed by atoms with Gasteiger partial charge in [0.05, 0.1) is 0 Å². The molecule has 1 atom stereocenters. The number of nitrogens with two attached hydrogens (primary N) is 1. The van der Waals surface area contributed by atoms with Gasteiger partial charge in [0, 0.05) is 5.92 Å². The Morgan fingerprint density at radius 1 is 0.895 bits per heavy atom. The molecule has 0 bridgehead atoms. The smallest absolute Gasteiger partial charge is 0.0101 e. The van der Waals surface area contributed by atoms with Gasteiger partial charge in [0.25, 0.3) is 0 Å². The van der Waals surface area contributed by atoms with E-state index in [1.807, 2.05) is 0 Å². The van der Waals surface area contributed by atoms with Crippen LogP contribution in [0.5, 0.6) is 0 Å². The number of aryl methyl sites for hydroxylation is 1. The van der Waals surface area contributed by atoms with E-state index in [-0.39, 0.29) is 0 Å². The van der Waals surface area contributed by atoms with Crippen LogP contribution in [0.4, 0.5) is 0 Å². The van der Waals surface area contributed by atoms with E-state index < -0.39 is 0 Å². The predicted molar refractivity (Wildman–Crippen MR) is 82.4 cm³/mol. The summed E-state index contributed by atoms with van der Waals surface area (Å²) in [7, 11) is 0. The lowest BCUT2D eigenvalue weighted by Gasteiger charge is -2.17. The maximum atomic E-state index is 5.78. The molecule has 2 rings (SSSR count). The van der Waals surface area contributed by atoms with E-state index in [1.54, 1.807) is 0 Å². The predicted octanol–water partition coefficient (Wildman–Crippen LogP) is 4.12. The monoisotopic (exact) mass is 253 g/mol. The van der Waals surface area contributed by atoms with Gasteiger partial charge in [-0.05, 0) is 36.1 Å². The first kappa shape index (κ1) is 13.8. The molecule has 100 valence electrons. The molecule has 0 saturated carbocycles. The highest BCUT2D eigenvalue weighted by Crippen LogP contribution is 2.27. The van der Waals surface area contributed by atoms with Crippen LogP contribution in [0.2, 0.25) is 0 Å². The van der Waals surface area contributed by atoms with E-state index in [0.29, 0.717) is 5.92 Å². The molecular formula is C18H23N. The summed E-state index contributed by atoms with van der Waals surface area (Å²) in [6.45, 7) is 2.94. The van der Waals surface area contributed by atoms with E-state index in [1.165, 1.54) is 23.1 Å². The van der Waals surface area contributed by atoms with Crippen molar-refractivity contribution in [2.45, 2.75) is 32.1 Å². The Kier molecular flexibility index (Phi) is 5.17. The van der Waals surface area contributed by atoms with Crippen molar-refractivity contribution in [1.82, 2.24) is 0 Å².